The molecule has 0 saturated carbocycles. The third-order valence-corrected chi connectivity index (χ3v) is 5.17. The number of nitrogen functional groups attached to an aromatic ring is 1. The van der Waals surface area contributed by atoms with Crippen molar-refractivity contribution in [1.29, 1.82) is 0 Å². The van der Waals surface area contributed by atoms with E-state index in [1.807, 2.05) is 17.4 Å². The molecule has 2 N–H and O–H groups in total. The van der Waals surface area contributed by atoms with Crippen LogP contribution in [0.15, 0.2) is 30.4 Å². The Morgan fingerprint density at radius 3 is 2.67 bits per heavy atom. The minimum atomic E-state index is 0.555. The van der Waals surface area contributed by atoms with Crippen LogP contribution in [0.25, 0.3) is 10.1 Å². The second-order valence-corrected chi connectivity index (χ2v) is 6.10. The van der Waals surface area contributed by atoms with Gasteiger partial charge in [0.15, 0.2) is 0 Å². The van der Waals surface area contributed by atoms with E-state index >= 15 is 0 Å². The maximum absolute atomic E-state index is 5.88. The van der Waals surface area contributed by atoms with Gasteiger partial charge in [0.25, 0.3) is 0 Å². The summed E-state index contributed by atoms with van der Waals surface area (Å²) in [6.45, 7) is 8.89. The average molecular weight is 259 g/mol. The zero-order valence-electron chi connectivity index (χ0n) is 11.5. The number of hydrogen-bond acceptors (Lipinski definition) is 2. The standard InChI is InChI=1S/C16H21NS/c1-5-6-10(2)11(3)16-12(4)14-9-13(17)7-8-15(14)18-16/h5-11H,17H2,1-4H3. The van der Waals surface area contributed by atoms with E-state index in [0.717, 1.165) is 5.69 Å². The van der Waals surface area contributed by atoms with Crippen molar-refractivity contribution in [3.05, 3.63) is 40.8 Å². The van der Waals surface area contributed by atoms with E-state index in [-0.39, 0.29) is 0 Å². The van der Waals surface area contributed by atoms with Crippen LogP contribution in [0.1, 0.15) is 37.1 Å². The molecule has 2 rings (SSSR count). The van der Waals surface area contributed by atoms with Crippen molar-refractivity contribution in [3.63, 3.8) is 0 Å². The van der Waals surface area contributed by atoms with E-state index in [1.54, 1.807) is 0 Å². The van der Waals surface area contributed by atoms with E-state index < -0.39 is 0 Å². The first-order valence-corrected chi connectivity index (χ1v) is 7.27. The van der Waals surface area contributed by atoms with Gasteiger partial charge in [-0.25, -0.2) is 0 Å². The third kappa shape index (κ3) is 2.30. The van der Waals surface area contributed by atoms with Crippen LogP contribution < -0.4 is 5.73 Å². The van der Waals surface area contributed by atoms with E-state index in [1.165, 1.54) is 20.5 Å². The van der Waals surface area contributed by atoms with Crippen molar-refractivity contribution < 1.29 is 0 Å². The monoisotopic (exact) mass is 259 g/mol. The van der Waals surface area contributed by atoms with E-state index in [9.17, 15) is 0 Å². The molecule has 0 radical (unpaired) electrons. The maximum Gasteiger partial charge on any atom is 0.0350 e. The SMILES string of the molecule is CC=CC(C)C(C)c1sc2ccc(N)cc2c1C. The van der Waals surface area contributed by atoms with Crippen LogP contribution in [-0.2, 0) is 0 Å². The summed E-state index contributed by atoms with van der Waals surface area (Å²) in [4.78, 5) is 1.49. The first kappa shape index (κ1) is 13.2. The van der Waals surface area contributed by atoms with E-state index in [0.29, 0.717) is 11.8 Å². The molecule has 1 nitrogen and oxygen atoms in total. The molecule has 2 heteroatoms. The number of thiophene rings is 1. The number of rotatable bonds is 3. The van der Waals surface area contributed by atoms with Gasteiger partial charge < -0.3 is 5.73 Å². The van der Waals surface area contributed by atoms with Crippen LogP contribution >= 0.6 is 11.3 Å². The normalized spacial score (nSPS) is 15.3. The van der Waals surface area contributed by atoms with Gasteiger partial charge in [-0.05, 0) is 54.8 Å². The number of benzene rings is 1. The largest absolute Gasteiger partial charge is 0.399 e. The van der Waals surface area contributed by atoms with E-state index in [4.69, 9.17) is 5.73 Å². The summed E-state index contributed by atoms with van der Waals surface area (Å²) in [5, 5.41) is 1.31. The van der Waals surface area contributed by atoms with Crippen LogP contribution in [0.2, 0.25) is 0 Å². The predicted octanol–water partition coefficient (Wildman–Crippen LogP) is 5.11. The highest BCUT2D eigenvalue weighted by Crippen LogP contribution is 2.39. The quantitative estimate of drug-likeness (QED) is 0.601. The molecule has 2 aromatic rings. The van der Waals surface area contributed by atoms with Gasteiger partial charge in [-0.2, -0.15) is 0 Å². The van der Waals surface area contributed by atoms with Crippen molar-refractivity contribution in [3.8, 4) is 0 Å². The summed E-state index contributed by atoms with van der Waals surface area (Å²) in [6, 6.07) is 6.22. The lowest BCUT2D eigenvalue weighted by molar-refractivity contribution is 0.597. The minimum absolute atomic E-state index is 0.555. The summed E-state index contributed by atoms with van der Waals surface area (Å²) in [5.41, 5.74) is 8.12. The predicted molar refractivity (Wildman–Crippen MR) is 83.4 cm³/mol. The summed E-state index contributed by atoms with van der Waals surface area (Å²) in [6.07, 6.45) is 4.42. The number of aryl methyl sites for hydroxylation is 1. The van der Waals surface area contributed by atoms with Gasteiger partial charge in [-0.1, -0.05) is 26.0 Å². The molecule has 1 heterocycles. The Morgan fingerprint density at radius 1 is 1.28 bits per heavy atom. The zero-order valence-corrected chi connectivity index (χ0v) is 12.3. The Kier molecular flexibility index (Phi) is 3.76. The Bertz CT molecular complexity index is 580. The summed E-state index contributed by atoms with van der Waals surface area (Å²) < 4.78 is 1.34. The van der Waals surface area contributed by atoms with Gasteiger partial charge in [-0.3, -0.25) is 0 Å². The number of fused-ring (bicyclic) bond motifs is 1. The lowest BCUT2D eigenvalue weighted by atomic mass is 9.91. The summed E-state index contributed by atoms with van der Waals surface area (Å²) in [5.74, 6) is 1.12. The molecule has 0 bridgehead atoms. The van der Waals surface area contributed by atoms with Crippen molar-refractivity contribution in [2.75, 3.05) is 5.73 Å². The molecule has 0 aliphatic heterocycles. The first-order valence-electron chi connectivity index (χ1n) is 6.46. The van der Waals surface area contributed by atoms with E-state index in [2.05, 4.69) is 52.0 Å². The second kappa shape index (κ2) is 5.15. The summed E-state index contributed by atoms with van der Waals surface area (Å²) >= 11 is 1.91. The van der Waals surface area contributed by atoms with Crippen molar-refractivity contribution >= 4 is 27.1 Å². The maximum atomic E-state index is 5.88. The van der Waals surface area contributed by atoms with Crippen molar-refractivity contribution in [2.45, 2.75) is 33.6 Å². The molecule has 0 spiro atoms. The average Bonchev–Trinajstić information content (AvgIpc) is 2.66. The number of anilines is 1. The van der Waals surface area contributed by atoms with Crippen LogP contribution in [-0.4, -0.2) is 0 Å². The Labute approximate surface area is 113 Å². The molecule has 1 aromatic carbocycles. The van der Waals surface area contributed by atoms with Gasteiger partial charge >= 0.3 is 0 Å². The highest BCUT2D eigenvalue weighted by atomic mass is 32.1. The van der Waals surface area contributed by atoms with Gasteiger partial charge in [0.2, 0.25) is 0 Å². The van der Waals surface area contributed by atoms with Gasteiger partial charge in [-0.15, -0.1) is 11.3 Å². The van der Waals surface area contributed by atoms with Crippen LogP contribution in [0.4, 0.5) is 5.69 Å². The molecule has 1 aromatic heterocycles. The van der Waals surface area contributed by atoms with Crippen LogP contribution in [0.5, 0.6) is 0 Å². The molecule has 0 amide bonds. The Balaban J connectivity index is 2.48. The van der Waals surface area contributed by atoms with Gasteiger partial charge in [0, 0.05) is 15.3 Å². The number of allylic oxidation sites excluding steroid dienone is 2. The molecule has 0 aliphatic rings. The molecule has 0 fully saturated rings. The highest BCUT2D eigenvalue weighted by molar-refractivity contribution is 7.19. The Hall–Kier alpha value is -1.28. The smallest absolute Gasteiger partial charge is 0.0350 e. The molecule has 96 valence electrons. The molecular weight excluding hydrogens is 238 g/mol. The molecular formula is C16H21NS. The number of nitrogens with two attached hydrogens (primary N) is 1. The summed E-state index contributed by atoms with van der Waals surface area (Å²) in [7, 11) is 0. The van der Waals surface area contributed by atoms with Gasteiger partial charge in [0.05, 0.1) is 0 Å². The second-order valence-electron chi connectivity index (χ2n) is 5.02. The zero-order chi connectivity index (χ0) is 13.3. The Morgan fingerprint density at radius 2 is 2.00 bits per heavy atom. The van der Waals surface area contributed by atoms with Crippen molar-refractivity contribution in [2.24, 2.45) is 5.92 Å². The minimum Gasteiger partial charge on any atom is -0.399 e. The van der Waals surface area contributed by atoms with Crippen LogP contribution in [0.3, 0.4) is 0 Å². The molecule has 2 unspecified atom stereocenters. The molecule has 0 saturated heterocycles. The molecule has 18 heavy (non-hydrogen) atoms. The lowest BCUT2D eigenvalue weighted by Crippen LogP contribution is -2.02. The molecule has 2 atom stereocenters. The number of hydrogen-bond donors (Lipinski definition) is 1. The fourth-order valence-electron chi connectivity index (χ4n) is 2.40. The topological polar surface area (TPSA) is 26.0 Å². The van der Waals surface area contributed by atoms with Crippen LogP contribution in [0, 0.1) is 12.8 Å². The lowest BCUT2D eigenvalue weighted by Gasteiger charge is -2.16. The van der Waals surface area contributed by atoms with Gasteiger partial charge in [0.1, 0.15) is 0 Å². The fraction of sp³-hybridized carbons (Fsp3) is 0.375. The fourth-order valence-corrected chi connectivity index (χ4v) is 3.76. The van der Waals surface area contributed by atoms with Crippen molar-refractivity contribution in [1.82, 2.24) is 0 Å². The third-order valence-electron chi connectivity index (χ3n) is 3.70. The highest BCUT2D eigenvalue weighted by Gasteiger charge is 2.18. The first-order chi connectivity index (χ1) is 8.54. The molecule has 0 aliphatic carbocycles.